The molecule has 0 bridgehead atoms. The van der Waals surface area contributed by atoms with Gasteiger partial charge in [-0.2, -0.15) is 0 Å². The van der Waals surface area contributed by atoms with Gasteiger partial charge in [0.05, 0.1) is 17.5 Å². The van der Waals surface area contributed by atoms with Crippen LogP contribution < -0.4 is 11.1 Å². The molecule has 3 N–H and O–H groups in total. The number of rotatable bonds is 3. The Hall–Kier alpha value is -0.940. The van der Waals surface area contributed by atoms with Gasteiger partial charge in [0.2, 0.25) is 5.91 Å². The van der Waals surface area contributed by atoms with E-state index >= 15 is 0 Å². The smallest absolute Gasteiger partial charge is 0.225 e. The van der Waals surface area contributed by atoms with Gasteiger partial charge in [-0.05, 0) is 26.7 Å². The highest BCUT2D eigenvalue weighted by molar-refractivity contribution is 7.11. The van der Waals surface area contributed by atoms with Gasteiger partial charge in [0.15, 0.2) is 0 Å². The first-order valence-corrected chi connectivity index (χ1v) is 7.28. The summed E-state index contributed by atoms with van der Waals surface area (Å²) >= 11 is 1.62. The summed E-state index contributed by atoms with van der Waals surface area (Å²) in [6, 6.07) is 0. The minimum absolute atomic E-state index is 0.0553. The highest BCUT2D eigenvalue weighted by atomic mass is 32.1. The van der Waals surface area contributed by atoms with Gasteiger partial charge in [-0.3, -0.25) is 4.79 Å². The second kappa shape index (κ2) is 5.36. The number of aryl methyl sites for hydroxylation is 1. The molecular weight excluding hydrogens is 246 g/mol. The van der Waals surface area contributed by atoms with E-state index in [9.17, 15) is 4.79 Å². The summed E-state index contributed by atoms with van der Waals surface area (Å²) in [5.41, 5.74) is 5.87. The van der Waals surface area contributed by atoms with E-state index in [-0.39, 0.29) is 17.4 Å². The zero-order chi connectivity index (χ0) is 13.2. The zero-order valence-corrected chi connectivity index (χ0v) is 11.8. The number of nitrogens with two attached hydrogens (primary N) is 1. The van der Waals surface area contributed by atoms with Crippen LogP contribution in [0, 0.1) is 12.8 Å². The molecule has 18 heavy (non-hydrogen) atoms. The molecule has 2 rings (SSSR count). The van der Waals surface area contributed by atoms with Crippen molar-refractivity contribution in [3.05, 3.63) is 16.1 Å². The second-order valence-electron chi connectivity index (χ2n) is 5.37. The van der Waals surface area contributed by atoms with Gasteiger partial charge in [-0.1, -0.05) is 12.8 Å². The van der Waals surface area contributed by atoms with Crippen molar-refractivity contribution in [2.45, 2.75) is 51.6 Å². The Balaban J connectivity index is 1.91. The molecule has 2 unspecified atom stereocenters. The highest BCUT2D eigenvalue weighted by Crippen LogP contribution is 2.31. The lowest BCUT2D eigenvalue weighted by Crippen LogP contribution is -2.52. The van der Waals surface area contributed by atoms with E-state index in [1.807, 2.05) is 20.0 Å². The zero-order valence-electron chi connectivity index (χ0n) is 11.0. The molecule has 1 aromatic rings. The molecule has 1 aliphatic rings. The highest BCUT2D eigenvalue weighted by Gasteiger charge is 2.37. The molecule has 0 aliphatic heterocycles. The topological polar surface area (TPSA) is 68.0 Å². The molecule has 0 aromatic carbocycles. The molecule has 0 radical (unpaired) electrons. The Kier molecular flexibility index (Phi) is 4.02. The third-order valence-electron chi connectivity index (χ3n) is 3.68. The number of carbonyl (C=O) groups is 1. The number of nitrogens with zero attached hydrogens (tertiary/aromatic N) is 1. The monoisotopic (exact) mass is 267 g/mol. The Morgan fingerprint density at radius 3 is 3.06 bits per heavy atom. The molecule has 1 heterocycles. The summed E-state index contributed by atoms with van der Waals surface area (Å²) in [6.07, 6.45) is 5.89. The minimum Gasteiger partial charge on any atom is -0.351 e. The Labute approximate surface area is 112 Å². The first-order chi connectivity index (χ1) is 8.49. The van der Waals surface area contributed by atoms with Crippen LogP contribution >= 0.6 is 11.3 Å². The van der Waals surface area contributed by atoms with E-state index in [4.69, 9.17) is 5.73 Å². The number of thiazole rings is 1. The van der Waals surface area contributed by atoms with Crippen molar-refractivity contribution in [1.29, 1.82) is 0 Å². The predicted octanol–water partition coefficient (Wildman–Crippen LogP) is 1.98. The third-order valence-corrected chi connectivity index (χ3v) is 4.59. The molecule has 5 heteroatoms. The molecule has 1 aromatic heterocycles. The molecule has 4 nitrogen and oxygen atoms in total. The van der Waals surface area contributed by atoms with E-state index in [2.05, 4.69) is 10.3 Å². The van der Waals surface area contributed by atoms with Crippen LogP contribution in [0.25, 0.3) is 0 Å². The molecule has 2 atom stereocenters. The fourth-order valence-corrected chi connectivity index (χ4v) is 3.31. The van der Waals surface area contributed by atoms with Crippen molar-refractivity contribution in [2.75, 3.05) is 0 Å². The Morgan fingerprint density at radius 1 is 1.67 bits per heavy atom. The van der Waals surface area contributed by atoms with Crippen molar-refractivity contribution >= 4 is 17.2 Å². The summed E-state index contributed by atoms with van der Waals surface area (Å²) in [6.45, 7) is 4.53. The Morgan fingerprint density at radius 2 is 2.44 bits per heavy atom. The number of carbonyl (C=O) groups excluding carboxylic acids is 1. The number of aromatic nitrogens is 1. The maximum Gasteiger partial charge on any atom is 0.225 e. The summed E-state index contributed by atoms with van der Waals surface area (Å²) in [5, 5.41) is 4.02. The van der Waals surface area contributed by atoms with Gasteiger partial charge >= 0.3 is 0 Å². The van der Waals surface area contributed by atoms with Crippen molar-refractivity contribution in [2.24, 2.45) is 11.7 Å². The fourth-order valence-electron chi connectivity index (χ4n) is 2.57. The molecule has 0 saturated heterocycles. The van der Waals surface area contributed by atoms with Crippen molar-refractivity contribution in [3.8, 4) is 0 Å². The standard InChI is InChI=1S/C13H21N3OS/c1-9-15-7-10(18-9)8-16-12(17)11-5-3-4-6-13(11,2)14/h7,11H,3-6,8,14H2,1-2H3,(H,16,17). The van der Waals surface area contributed by atoms with Gasteiger partial charge in [-0.25, -0.2) is 4.98 Å². The van der Waals surface area contributed by atoms with Gasteiger partial charge in [0.1, 0.15) is 0 Å². The van der Waals surface area contributed by atoms with Gasteiger partial charge in [-0.15, -0.1) is 11.3 Å². The maximum atomic E-state index is 12.2. The lowest BCUT2D eigenvalue weighted by molar-refractivity contribution is -0.128. The van der Waals surface area contributed by atoms with Crippen LogP contribution in [0.4, 0.5) is 0 Å². The quantitative estimate of drug-likeness (QED) is 0.880. The van der Waals surface area contributed by atoms with Crippen molar-refractivity contribution < 1.29 is 4.79 Å². The molecular formula is C13H21N3OS. The van der Waals surface area contributed by atoms with Crippen molar-refractivity contribution in [1.82, 2.24) is 10.3 Å². The summed E-state index contributed by atoms with van der Waals surface area (Å²) in [7, 11) is 0. The largest absolute Gasteiger partial charge is 0.351 e. The minimum atomic E-state index is -0.355. The molecule has 1 amide bonds. The van der Waals surface area contributed by atoms with Crippen LogP contribution in [0.5, 0.6) is 0 Å². The molecule has 0 spiro atoms. The van der Waals surface area contributed by atoms with Gasteiger partial charge in [0, 0.05) is 16.6 Å². The first kappa shape index (κ1) is 13.5. The second-order valence-corrected chi connectivity index (χ2v) is 6.69. The van der Waals surface area contributed by atoms with E-state index < -0.39 is 0 Å². The average Bonchev–Trinajstić information content (AvgIpc) is 2.71. The van der Waals surface area contributed by atoms with Crippen LogP contribution in [-0.2, 0) is 11.3 Å². The van der Waals surface area contributed by atoms with Crippen LogP contribution in [0.1, 0.15) is 42.5 Å². The van der Waals surface area contributed by atoms with Crippen molar-refractivity contribution in [3.63, 3.8) is 0 Å². The van der Waals surface area contributed by atoms with Crippen LogP contribution in [-0.4, -0.2) is 16.4 Å². The summed E-state index contributed by atoms with van der Waals surface area (Å²) in [4.78, 5) is 17.5. The van der Waals surface area contributed by atoms with Gasteiger partial charge in [0.25, 0.3) is 0 Å². The number of hydrogen-bond donors (Lipinski definition) is 2. The number of nitrogens with one attached hydrogen (secondary N) is 1. The first-order valence-electron chi connectivity index (χ1n) is 6.47. The Bertz CT molecular complexity index is 428. The lowest BCUT2D eigenvalue weighted by Gasteiger charge is -2.37. The molecule has 1 fully saturated rings. The number of amides is 1. The fraction of sp³-hybridized carbons (Fsp3) is 0.692. The van der Waals surface area contributed by atoms with E-state index in [0.29, 0.717) is 6.54 Å². The van der Waals surface area contributed by atoms with Crippen LogP contribution in [0.2, 0.25) is 0 Å². The molecule has 1 saturated carbocycles. The van der Waals surface area contributed by atoms with Crippen LogP contribution in [0.15, 0.2) is 6.20 Å². The summed E-state index contributed by atoms with van der Waals surface area (Å²) in [5.74, 6) is 0.0334. The normalized spacial score (nSPS) is 28.1. The maximum absolute atomic E-state index is 12.2. The predicted molar refractivity (Wildman–Crippen MR) is 73.2 cm³/mol. The number of hydrogen-bond acceptors (Lipinski definition) is 4. The lowest BCUT2D eigenvalue weighted by atomic mass is 9.74. The van der Waals surface area contributed by atoms with E-state index in [1.54, 1.807) is 11.3 Å². The van der Waals surface area contributed by atoms with E-state index in [1.165, 1.54) is 0 Å². The molecule has 1 aliphatic carbocycles. The van der Waals surface area contributed by atoms with E-state index in [0.717, 1.165) is 35.6 Å². The third kappa shape index (κ3) is 3.09. The summed E-state index contributed by atoms with van der Waals surface area (Å²) < 4.78 is 0. The average molecular weight is 267 g/mol. The molecule has 100 valence electrons. The SMILES string of the molecule is Cc1ncc(CNC(=O)C2CCCCC2(C)N)s1. The van der Waals surface area contributed by atoms with Gasteiger partial charge < -0.3 is 11.1 Å². The van der Waals surface area contributed by atoms with Crippen LogP contribution in [0.3, 0.4) is 0 Å².